The van der Waals surface area contributed by atoms with Gasteiger partial charge in [0, 0.05) is 26.3 Å². The number of carboxylic acids is 1. The van der Waals surface area contributed by atoms with Gasteiger partial charge in [-0.1, -0.05) is 13.3 Å². The molecule has 0 bridgehead atoms. The van der Waals surface area contributed by atoms with Crippen LogP contribution < -0.4 is 0 Å². The summed E-state index contributed by atoms with van der Waals surface area (Å²) in [7, 11) is -2.10. The third kappa shape index (κ3) is 3.36. The molecule has 0 amide bonds. The van der Waals surface area contributed by atoms with Crippen molar-refractivity contribution in [1.29, 1.82) is 0 Å². The van der Waals surface area contributed by atoms with E-state index >= 15 is 0 Å². The van der Waals surface area contributed by atoms with Gasteiger partial charge in [0.2, 0.25) is 10.0 Å². The molecule has 0 aliphatic heterocycles. The van der Waals surface area contributed by atoms with Gasteiger partial charge in [0.25, 0.3) is 0 Å². The molecule has 0 aromatic carbocycles. The molecule has 1 rings (SSSR count). The van der Waals surface area contributed by atoms with E-state index in [9.17, 15) is 13.2 Å². The molecule has 108 valence electrons. The highest BCUT2D eigenvalue weighted by molar-refractivity contribution is 7.89. The standard InChI is InChI=1S/C12H20N2O4S/c1-4-6-7-13(3)19(17,18)10-8-11(12(15)16)14(5-2)9-10/h8-9H,4-7H2,1-3H3,(H,15,16). The molecule has 0 fully saturated rings. The van der Waals surface area contributed by atoms with Crippen molar-refractivity contribution in [3.63, 3.8) is 0 Å². The van der Waals surface area contributed by atoms with Crippen molar-refractivity contribution >= 4 is 16.0 Å². The molecule has 6 nitrogen and oxygen atoms in total. The second-order valence-corrected chi connectivity index (χ2v) is 6.38. The fraction of sp³-hybridized carbons (Fsp3) is 0.583. The molecule has 7 heteroatoms. The number of sulfonamides is 1. The highest BCUT2D eigenvalue weighted by atomic mass is 32.2. The van der Waals surface area contributed by atoms with E-state index in [1.165, 1.54) is 28.2 Å². The lowest BCUT2D eigenvalue weighted by Crippen LogP contribution is -2.27. The number of rotatable bonds is 7. The molecule has 0 aliphatic rings. The van der Waals surface area contributed by atoms with Gasteiger partial charge in [-0.05, 0) is 19.4 Å². The van der Waals surface area contributed by atoms with E-state index < -0.39 is 16.0 Å². The minimum atomic E-state index is -3.61. The number of nitrogens with zero attached hydrogens (tertiary/aromatic N) is 2. The van der Waals surface area contributed by atoms with E-state index in [0.717, 1.165) is 12.8 Å². The summed E-state index contributed by atoms with van der Waals surface area (Å²) in [6.45, 7) is 4.59. The first kappa shape index (κ1) is 15.7. The molecule has 0 aliphatic carbocycles. The SMILES string of the molecule is CCCCN(C)S(=O)(=O)c1cc(C(=O)O)n(CC)c1. The number of hydrogen-bond acceptors (Lipinski definition) is 3. The molecule has 0 saturated carbocycles. The fourth-order valence-corrected chi connectivity index (χ4v) is 3.00. The third-order valence-corrected chi connectivity index (χ3v) is 4.79. The zero-order valence-corrected chi connectivity index (χ0v) is 12.3. The number of carbonyl (C=O) groups is 1. The highest BCUT2D eigenvalue weighted by Gasteiger charge is 2.24. The molecule has 1 aromatic rings. The number of aromatic nitrogens is 1. The molecule has 0 radical (unpaired) electrons. The Morgan fingerprint density at radius 2 is 2.05 bits per heavy atom. The lowest BCUT2D eigenvalue weighted by atomic mass is 10.3. The molecule has 1 heterocycles. The summed E-state index contributed by atoms with van der Waals surface area (Å²) in [5.74, 6) is -1.13. The van der Waals surface area contributed by atoms with E-state index in [1.807, 2.05) is 6.92 Å². The second kappa shape index (κ2) is 6.21. The largest absolute Gasteiger partial charge is 0.477 e. The van der Waals surface area contributed by atoms with Gasteiger partial charge in [-0.3, -0.25) is 0 Å². The molecule has 0 atom stereocenters. The van der Waals surface area contributed by atoms with Crippen LogP contribution in [0.4, 0.5) is 0 Å². The summed E-state index contributed by atoms with van der Waals surface area (Å²) in [6.07, 6.45) is 3.05. The van der Waals surface area contributed by atoms with Crippen LogP contribution in [0.1, 0.15) is 37.2 Å². The first-order valence-electron chi connectivity index (χ1n) is 6.24. The molecule has 1 N–H and O–H groups in total. The molecule has 0 unspecified atom stereocenters. The van der Waals surface area contributed by atoms with Gasteiger partial charge < -0.3 is 9.67 Å². The zero-order chi connectivity index (χ0) is 14.6. The predicted molar refractivity (Wildman–Crippen MR) is 71.8 cm³/mol. The van der Waals surface area contributed by atoms with Crippen molar-refractivity contribution in [1.82, 2.24) is 8.87 Å². The van der Waals surface area contributed by atoms with E-state index in [4.69, 9.17) is 5.11 Å². The molecule has 19 heavy (non-hydrogen) atoms. The van der Waals surface area contributed by atoms with Crippen LogP contribution in [0.5, 0.6) is 0 Å². The quantitative estimate of drug-likeness (QED) is 0.827. The molecule has 1 aromatic heterocycles. The average molecular weight is 288 g/mol. The Labute approximate surface area is 113 Å². The Balaban J connectivity index is 3.11. The Bertz CT molecular complexity index is 548. The molecule has 0 spiro atoms. The van der Waals surface area contributed by atoms with Gasteiger partial charge in [0.05, 0.1) is 0 Å². The summed E-state index contributed by atoms with van der Waals surface area (Å²) in [5, 5.41) is 9.03. The first-order valence-corrected chi connectivity index (χ1v) is 7.68. The number of unbranched alkanes of at least 4 members (excludes halogenated alkanes) is 1. The van der Waals surface area contributed by atoms with Gasteiger partial charge >= 0.3 is 5.97 Å². The normalized spacial score (nSPS) is 12.0. The van der Waals surface area contributed by atoms with Crippen molar-refractivity contribution < 1.29 is 18.3 Å². The zero-order valence-electron chi connectivity index (χ0n) is 11.5. The monoisotopic (exact) mass is 288 g/mol. The van der Waals surface area contributed by atoms with Crippen molar-refractivity contribution in [2.75, 3.05) is 13.6 Å². The Morgan fingerprint density at radius 1 is 1.42 bits per heavy atom. The number of aryl methyl sites for hydroxylation is 1. The van der Waals surface area contributed by atoms with Crippen LogP contribution in [0.25, 0.3) is 0 Å². The highest BCUT2D eigenvalue weighted by Crippen LogP contribution is 2.18. The maximum atomic E-state index is 12.3. The fourth-order valence-electron chi connectivity index (χ4n) is 1.75. The van der Waals surface area contributed by atoms with Crippen molar-refractivity contribution in [3.8, 4) is 0 Å². The van der Waals surface area contributed by atoms with Crippen LogP contribution in [0.15, 0.2) is 17.2 Å². The van der Waals surface area contributed by atoms with Crippen LogP contribution in [0.2, 0.25) is 0 Å². The van der Waals surface area contributed by atoms with Crippen LogP contribution in [0.3, 0.4) is 0 Å². The molecule has 0 saturated heterocycles. The summed E-state index contributed by atoms with van der Waals surface area (Å²) < 4.78 is 27.2. The van der Waals surface area contributed by atoms with Crippen molar-refractivity contribution in [2.45, 2.75) is 38.1 Å². The summed E-state index contributed by atoms with van der Waals surface area (Å²) >= 11 is 0. The van der Waals surface area contributed by atoms with E-state index in [1.54, 1.807) is 6.92 Å². The number of hydrogen-bond donors (Lipinski definition) is 1. The summed E-state index contributed by atoms with van der Waals surface area (Å²) in [5.41, 5.74) is -0.00929. The smallest absolute Gasteiger partial charge is 0.352 e. The van der Waals surface area contributed by atoms with Crippen molar-refractivity contribution in [2.24, 2.45) is 0 Å². The predicted octanol–water partition coefficient (Wildman–Crippen LogP) is 1.63. The third-order valence-electron chi connectivity index (χ3n) is 2.97. The minimum absolute atomic E-state index is 0.00929. The summed E-state index contributed by atoms with van der Waals surface area (Å²) in [6, 6.07) is 1.21. The summed E-state index contributed by atoms with van der Waals surface area (Å²) in [4.78, 5) is 11.1. The van der Waals surface area contributed by atoms with E-state index in [-0.39, 0.29) is 10.6 Å². The maximum absolute atomic E-state index is 12.3. The Morgan fingerprint density at radius 3 is 2.47 bits per heavy atom. The van der Waals surface area contributed by atoms with Gasteiger partial charge in [-0.15, -0.1) is 0 Å². The van der Waals surface area contributed by atoms with Gasteiger partial charge in [-0.2, -0.15) is 0 Å². The van der Waals surface area contributed by atoms with Crippen molar-refractivity contribution in [3.05, 3.63) is 18.0 Å². The number of aromatic carboxylic acids is 1. The number of carboxylic acid groups (broad SMARTS) is 1. The average Bonchev–Trinajstić information content (AvgIpc) is 2.80. The maximum Gasteiger partial charge on any atom is 0.352 e. The van der Waals surface area contributed by atoms with Crippen LogP contribution in [0, 0.1) is 0 Å². The van der Waals surface area contributed by atoms with Crippen LogP contribution in [-0.2, 0) is 16.6 Å². The van der Waals surface area contributed by atoms with Crippen LogP contribution in [-0.4, -0.2) is 42.0 Å². The topological polar surface area (TPSA) is 79.6 Å². The Hall–Kier alpha value is -1.34. The van der Waals surface area contributed by atoms with Gasteiger partial charge in [-0.25, -0.2) is 17.5 Å². The van der Waals surface area contributed by atoms with Crippen LogP contribution >= 0.6 is 0 Å². The van der Waals surface area contributed by atoms with E-state index in [2.05, 4.69) is 0 Å². The minimum Gasteiger partial charge on any atom is -0.477 e. The first-order chi connectivity index (χ1) is 8.84. The lowest BCUT2D eigenvalue weighted by Gasteiger charge is -2.15. The second-order valence-electron chi connectivity index (χ2n) is 4.33. The Kier molecular flexibility index (Phi) is 5.13. The van der Waals surface area contributed by atoms with Gasteiger partial charge in [0.1, 0.15) is 10.6 Å². The lowest BCUT2D eigenvalue weighted by molar-refractivity contribution is 0.0685. The van der Waals surface area contributed by atoms with E-state index in [0.29, 0.717) is 13.1 Å². The molecular weight excluding hydrogens is 268 g/mol. The van der Waals surface area contributed by atoms with Gasteiger partial charge in [0.15, 0.2) is 0 Å². The molecular formula is C12H20N2O4S.